The van der Waals surface area contributed by atoms with Crippen LogP contribution >= 0.6 is 0 Å². The maximum absolute atomic E-state index is 10.9. The number of aromatic nitrogens is 1. The normalized spacial score (nSPS) is 16.2. The Morgan fingerprint density at radius 1 is 1.53 bits per heavy atom. The predicted molar refractivity (Wildman–Crippen MR) is 75.7 cm³/mol. The van der Waals surface area contributed by atoms with Crippen molar-refractivity contribution >= 4 is 17.4 Å². The maximum Gasteiger partial charge on any atom is 0.216 e. The van der Waals surface area contributed by atoms with Crippen LogP contribution in [0.4, 0.5) is 11.5 Å². The summed E-state index contributed by atoms with van der Waals surface area (Å²) in [5.74, 6) is 6.67. The molecule has 1 amide bonds. The quantitative estimate of drug-likeness (QED) is 0.551. The van der Waals surface area contributed by atoms with E-state index in [4.69, 9.17) is 5.84 Å². The average molecular weight is 263 g/mol. The molecule has 1 aromatic rings. The summed E-state index contributed by atoms with van der Waals surface area (Å²) in [5, 5.41) is 2.89. The van der Waals surface area contributed by atoms with Crippen LogP contribution in [0.2, 0.25) is 0 Å². The first-order valence-electron chi connectivity index (χ1n) is 6.61. The molecule has 2 rings (SSSR count). The fourth-order valence-corrected chi connectivity index (χ4v) is 2.38. The zero-order valence-electron chi connectivity index (χ0n) is 11.2. The number of nitrogens with zero attached hydrogens (tertiary/aromatic N) is 2. The Balaban J connectivity index is 1.87. The minimum atomic E-state index is 0.0511. The average Bonchev–Trinajstić information content (AvgIpc) is 2.45. The molecule has 6 nitrogen and oxygen atoms in total. The largest absolute Gasteiger partial charge is 0.371 e. The van der Waals surface area contributed by atoms with Crippen molar-refractivity contribution < 1.29 is 4.79 Å². The van der Waals surface area contributed by atoms with Crippen molar-refractivity contribution in [3.63, 3.8) is 0 Å². The number of nitrogens with two attached hydrogens (primary N) is 1. The number of nitrogens with one attached hydrogen (secondary N) is 2. The number of hydrazine groups is 1. The van der Waals surface area contributed by atoms with Gasteiger partial charge in [0.05, 0.1) is 0 Å². The fourth-order valence-electron chi connectivity index (χ4n) is 2.38. The number of carbonyl (C=O) groups is 1. The van der Waals surface area contributed by atoms with Crippen LogP contribution in [0.15, 0.2) is 18.3 Å². The van der Waals surface area contributed by atoms with Gasteiger partial charge in [-0.05, 0) is 24.8 Å². The Kier molecular flexibility index (Phi) is 4.57. The second-order valence-corrected chi connectivity index (χ2v) is 4.91. The molecule has 2 heterocycles. The van der Waals surface area contributed by atoms with Crippen LogP contribution in [0.5, 0.6) is 0 Å². The van der Waals surface area contributed by atoms with E-state index in [0.29, 0.717) is 11.7 Å². The molecule has 104 valence electrons. The van der Waals surface area contributed by atoms with Crippen LogP contribution in [0.3, 0.4) is 0 Å². The van der Waals surface area contributed by atoms with E-state index in [-0.39, 0.29) is 5.91 Å². The lowest BCUT2D eigenvalue weighted by Gasteiger charge is -2.33. The summed E-state index contributed by atoms with van der Waals surface area (Å²) >= 11 is 0. The molecular weight excluding hydrogens is 242 g/mol. The number of rotatable bonds is 4. The highest BCUT2D eigenvalue weighted by atomic mass is 16.1. The van der Waals surface area contributed by atoms with E-state index in [2.05, 4.69) is 20.6 Å². The molecule has 1 saturated heterocycles. The Morgan fingerprint density at radius 3 is 2.89 bits per heavy atom. The highest BCUT2D eigenvalue weighted by Crippen LogP contribution is 2.23. The minimum Gasteiger partial charge on any atom is -0.371 e. The highest BCUT2D eigenvalue weighted by molar-refractivity contribution is 5.72. The molecule has 1 aromatic heterocycles. The van der Waals surface area contributed by atoms with Crippen LogP contribution in [-0.4, -0.2) is 30.5 Å². The van der Waals surface area contributed by atoms with Crippen molar-refractivity contribution in [3.05, 3.63) is 18.3 Å². The first-order valence-corrected chi connectivity index (χ1v) is 6.61. The zero-order valence-corrected chi connectivity index (χ0v) is 11.2. The molecule has 0 bridgehead atoms. The van der Waals surface area contributed by atoms with Gasteiger partial charge in [-0.2, -0.15) is 0 Å². The first-order chi connectivity index (χ1) is 9.19. The van der Waals surface area contributed by atoms with Gasteiger partial charge >= 0.3 is 0 Å². The lowest BCUT2D eigenvalue weighted by atomic mass is 9.96. The van der Waals surface area contributed by atoms with Crippen LogP contribution in [-0.2, 0) is 4.79 Å². The van der Waals surface area contributed by atoms with E-state index >= 15 is 0 Å². The second kappa shape index (κ2) is 6.38. The number of hydrogen-bond acceptors (Lipinski definition) is 5. The molecule has 0 saturated carbocycles. The molecule has 0 spiro atoms. The molecule has 0 aliphatic carbocycles. The summed E-state index contributed by atoms with van der Waals surface area (Å²) in [6.07, 6.45) is 3.94. The van der Waals surface area contributed by atoms with E-state index in [1.165, 1.54) is 0 Å². The van der Waals surface area contributed by atoms with Crippen molar-refractivity contribution in [3.8, 4) is 0 Å². The van der Waals surface area contributed by atoms with Gasteiger partial charge in [-0.3, -0.25) is 4.79 Å². The molecule has 0 aromatic carbocycles. The number of pyridine rings is 1. The van der Waals surface area contributed by atoms with E-state index in [0.717, 1.165) is 38.2 Å². The molecule has 1 fully saturated rings. The lowest BCUT2D eigenvalue weighted by Crippen LogP contribution is -2.38. The van der Waals surface area contributed by atoms with Crippen molar-refractivity contribution in [2.24, 2.45) is 11.8 Å². The van der Waals surface area contributed by atoms with Gasteiger partial charge in [0.25, 0.3) is 0 Å². The van der Waals surface area contributed by atoms with E-state index in [9.17, 15) is 4.79 Å². The highest BCUT2D eigenvalue weighted by Gasteiger charge is 2.19. The number of piperidine rings is 1. The van der Waals surface area contributed by atoms with E-state index in [1.54, 1.807) is 13.1 Å². The topological polar surface area (TPSA) is 83.3 Å². The summed E-state index contributed by atoms with van der Waals surface area (Å²) < 4.78 is 0. The molecule has 6 heteroatoms. The number of amides is 1. The minimum absolute atomic E-state index is 0.0511. The second-order valence-electron chi connectivity index (χ2n) is 4.91. The van der Waals surface area contributed by atoms with Crippen molar-refractivity contribution in [1.82, 2.24) is 10.3 Å². The van der Waals surface area contributed by atoms with Crippen molar-refractivity contribution in [2.45, 2.75) is 19.8 Å². The van der Waals surface area contributed by atoms with Gasteiger partial charge < -0.3 is 15.6 Å². The van der Waals surface area contributed by atoms with E-state index < -0.39 is 0 Å². The van der Waals surface area contributed by atoms with Gasteiger partial charge in [0.15, 0.2) is 0 Å². The monoisotopic (exact) mass is 263 g/mol. The summed E-state index contributed by atoms with van der Waals surface area (Å²) in [6.45, 7) is 4.35. The van der Waals surface area contributed by atoms with Gasteiger partial charge in [0, 0.05) is 44.5 Å². The van der Waals surface area contributed by atoms with Crippen LogP contribution < -0.4 is 21.5 Å². The van der Waals surface area contributed by atoms with Crippen LogP contribution in [0, 0.1) is 5.92 Å². The standard InChI is InChI=1S/C13H21N5O/c1-10(19)16-9-11-3-6-18(7-4-11)12-2-5-15-13(8-12)17-14/h2,5,8,11H,3-4,6-7,9,14H2,1H3,(H,15,17)(H,16,19). The van der Waals surface area contributed by atoms with Crippen LogP contribution in [0.25, 0.3) is 0 Å². The summed E-state index contributed by atoms with van der Waals surface area (Å²) in [7, 11) is 0. The lowest BCUT2D eigenvalue weighted by molar-refractivity contribution is -0.119. The van der Waals surface area contributed by atoms with Gasteiger partial charge in [-0.15, -0.1) is 0 Å². The van der Waals surface area contributed by atoms with E-state index in [1.807, 2.05) is 12.1 Å². The van der Waals surface area contributed by atoms with Crippen LogP contribution in [0.1, 0.15) is 19.8 Å². The number of anilines is 2. The summed E-state index contributed by atoms with van der Waals surface area (Å²) in [6, 6.07) is 3.95. The molecular formula is C13H21N5O. The van der Waals surface area contributed by atoms with Gasteiger partial charge in [-0.1, -0.05) is 0 Å². The third-order valence-electron chi connectivity index (χ3n) is 3.51. The zero-order chi connectivity index (χ0) is 13.7. The smallest absolute Gasteiger partial charge is 0.216 e. The molecule has 0 radical (unpaired) electrons. The molecule has 4 N–H and O–H groups in total. The molecule has 0 atom stereocenters. The molecule has 1 aliphatic heterocycles. The molecule has 1 aliphatic rings. The number of carbonyl (C=O) groups excluding carboxylic acids is 1. The SMILES string of the molecule is CC(=O)NCC1CCN(c2ccnc(NN)c2)CC1. The Hall–Kier alpha value is -1.82. The third kappa shape index (κ3) is 3.82. The molecule has 0 unspecified atom stereocenters. The first kappa shape index (κ1) is 13.6. The molecule has 19 heavy (non-hydrogen) atoms. The van der Waals surface area contributed by atoms with Crippen molar-refractivity contribution in [1.29, 1.82) is 0 Å². The van der Waals surface area contributed by atoms with Gasteiger partial charge in [-0.25, -0.2) is 10.8 Å². The summed E-state index contributed by atoms with van der Waals surface area (Å²) in [4.78, 5) is 17.3. The fraction of sp³-hybridized carbons (Fsp3) is 0.538. The Bertz CT molecular complexity index is 429. The predicted octanol–water partition coefficient (Wildman–Crippen LogP) is 0.720. The van der Waals surface area contributed by atoms with Gasteiger partial charge in [0.2, 0.25) is 5.91 Å². The van der Waals surface area contributed by atoms with Crippen molar-refractivity contribution in [2.75, 3.05) is 30.0 Å². The Morgan fingerprint density at radius 2 is 2.26 bits per heavy atom. The third-order valence-corrected chi connectivity index (χ3v) is 3.51. The number of nitrogen functional groups attached to an aromatic ring is 1. The Labute approximate surface area is 113 Å². The maximum atomic E-state index is 10.9. The summed E-state index contributed by atoms with van der Waals surface area (Å²) in [5.41, 5.74) is 3.70. The number of hydrogen-bond donors (Lipinski definition) is 3. The van der Waals surface area contributed by atoms with Gasteiger partial charge in [0.1, 0.15) is 5.82 Å².